The molecule has 0 bridgehead atoms. The standard InChI is InChI=1S/C12H9Cl2N3O3/c1-20-11-5(2-3-8(13)17-11)7-4-6(15)9(14)10(16-7)12(18)19/h2-4H,1H3,(H2,15,16)(H,18,19). The molecule has 0 unspecified atom stereocenters. The molecule has 0 aliphatic heterocycles. The molecule has 0 aliphatic carbocycles. The van der Waals surface area contributed by atoms with Crippen molar-refractivity contribution in [1.29, 1.82) is 0 Å². The topological polar surface area (TPSA) is 98.3 Å². The Morgan fingerprint density at radius 3 is 2.65 bits per heavy atom. The summed E-state index contributed by atoms with van der Waals surface area (Å²) in [6.07, 6.45) is 0. The molecule has 2 aromatic rings. The number of rotatable bonds is 3. The first-order chi connectivity index (χ1) is 9.43. The van der Waals surface area contributed by atoms with E-state index in [9.17, 15) is 4.79 Å². The van der Waals surface area contributed by atoms with Crippen LogP contribution in [0, 0.1) is 0 Å². The molecular formula is C12H9Cl2N3O3. The SMILES string of the molecule is COc1nc(Cl)ccc1-c1cc(N)c(Cl)c(C(=O)O)n1. The van der Waals surface area contributed by atoms with E-state index in [4.69, 9.17) is 38.8 Å². The highest BCUT2D eigenvalue weighted by atomic mass is 35.5. The summed E-state index contributed by atoms with van der Waals surface area (Å²) in [5.41, 5.74) is 6.21. The van der Waals surface area contributed by atoms with Crippen LogP contribution in [0.3, 0.4) is 0 Å². The van der Waals surface area contributed by atoms with Crippen molar-refractivity contribution in [2.75, 3.05) is 12.8 Å². The van der Waals surface area contributed by atoms with Gasteiger partial charge < -0.3 is 15.6 Å². The summed E-state index contributed by atoms with van der Waals surface area (Å²) in [6.45, 7) is 0. The van der Waals surface area contributed by atoms with Gasteiger partial charge in [0.1, 0.15) is 5.15 Å². The van der Waals surface area contributed by atoms with Crippen LogP contribution in [-0.4, -0.2) is 28.2 Å². The third-order valence-electron chi connectivity index (χ3n) is 2.48. The molecule has 0 aromatic carbocycles. The van der Waals surface area contributed by atoms with Crippen LogP contribution in [0.2, 0.25) is 10.2 Å². The van der Waals surface area contributed by atoms with Gasteiger partial charge in [0.05, 0.1) is 29.1 Å². The normalized spacial score (nSPS) is 10.3. The molecule has 0 saturated carbocycles. The van der Waals surface area contributed by atoms with Gasteiger partial charge in [0.2, 0.25) is 5.88 Å². The third kappa shape index (κ3) is 2.61. The first-order valence-electron chi connectivity index (χ1n) is 5.34. The second-order valence-corrected chi connectivity index (χ2v) is 4.52. The molecule has 6 nitrogen and oxygen atoms in total. The number of aromatic nitrogens is 2. The summed E-state index contributed by atoms with van der Waals surface area (Å²) >= 11 is 11.6. The van der Waals surface area contributed by atoms with Crippen molar-refractivity contribution >= 4 is 34.9 Å². The minimum absolute atomic E-state index is 0.103. The zero-order chi connectivity index (χ0) is 14.9. The van der Waals surface area contributed by atoms with Gasteiger partial charge in [0.25, 0.3) is 0 Å². The van der Waals surface area contributed by atoms with Crippen molar-refractivity contribution in [1.82, 2.24) is 9.97 Å². The first kappa shape index (κ1) is 14.4. The summed E-state index contributed by atoms with van der Waals surface area (Å²) in [6, 6.07) is 4.59. The van der Waals surface area contributed by atoms with Crippen LogP contribution in [0.1, 0.15) is 10.5 Å². The number of halogens is 2. The second-order valence-electron chi connectivity index (χ2n) is 3.76. The van der Waals surface area contributed by atoms with Crippen LogP contribution in [0.25, 0.3) is 11.3 Å². The average molecular weight is 314 g/mol. The van der Waals surface area contributed by atoms with Crippen molar-refractivity contribution in [3.05, 3.63) is 34.1 Å². The molecule has 104 valence electrons. The number of hydrogen-bond acceptors (Lipinski definition) is 5. The molecule has 0 saturated heterocycles. The lowest BCUT2D eigenvalue weighted by molar-refractivity contribution is 0.0691. The third-order valence-corrected chi connectivity index (χ3v) is 3.09. The molecule has 0 amide bonds. The summed E-state index contributed by atoms with van der Waals surface area (Å²) in [7, 11) is 1.42. The van der Waals surface area contributed by atoms with Gasteiger partial charge in [-0.1, -0.05) is 23.2 Å². The Labute approximate surface area is 124 Å². The predicted molar refractivity (Wildman–Crippen MR) is 75.4 cm³/mol. The van der Waals surface area contributed by atoms with Crippen LogP contribution in [0.15, 0.2) is 18.2 Å². The van der Waals surface area contributed by atoms with Gasteiger partial charge in [-0.05, 0) is 18.2 Å². The Bertz CT molecular complexity index is 692. The number of carboxylic acids is 1. The Hall–Kier alpha value is -2.05. The summed E-state index contributed by atoms with van der Waals surface area (Å²) < 4.78 is 5.09. The minimum atomic E-state index is -1.27. The number of nitrogen functional groups attached to an aromatic ring is 1. The largest absolute Gasteiger partial charge is 0.480 e. The smallest absolute Gasteiger partial charge is 0.356 e. The number of carboxylic acid groups (broad SMARTS) is 1. The number of pyridine rings is 2. The molecule has 20 heavy (non-hydrogen) atoms. The predicted octanol–water partition coefficient (Wildman–Crippen LogP) is 2.74. The molecule has 8 heteroatoms. The van der Waals surface area contributed by atoms with Crippen LogP contribution in [0.4, 0.5) is 5.69 Å². The molecule has 0 spiro atoms. The second kappa shape index (κ2) is 5.52. The zero-order valence-electron chi connectivity index (χ0n) is 10.2. The maximum Gasteiger partial charge on any atom is 0.356 e. The zero-order valence-corrected chi connectivity index (χ0v) is 11.7. The van der Waals surface area contributed by atoms with E-state index in [1.807, 2.05) is 0 Å². The number of methoxy groups -OCH3 is 1. The Kier molecular flexibility index (Phi) is 3.96. The fourth-order valence-electron chi connectivity index (χ4n) is 1.60. The van der Waals surface area contributed by atoms with Gasteiger partial charge in [-0.25, -0.2) is 14.8 Å². The van der Waals surface area contributed by atoms with E-state index in [0.717, 1.165) is 0 Å². The number of nitrogens with zero attached hydrogens (tertiary/aromatic N) is 2. The highest BCUT2D eigenvalue weighted by Crippen LogP contribution is 2.32. The van der Waals surface area contributed by atoms with Crippen LogP contribution >= 0.6 is 23.2 Å². The molecule has 2 heterocycles. The molecule has 0 atom stereocenters. The summed E-state index contributed by atoms with van der Waals surface area (Å²) in [5.74, 6) is -1.06. The lowest BCUT2D eigenvalue weighted by atomic mass is 10.1. The highest BCUT2D eigenvalue weighted by molar-refractivity contribution is 6.35. The molecule has 2 rings (SSSR count). The van der Waals surface area contributed by atoms with Crippen LogP contribution in [0.5, 0.6) is 5.88 Å². The number of ether oxygens (including phenoxy) is 1. The first-order valence-corrected chi connectivity index (χ1v) is 6.10. The van der Waals surface area contributed by atoms with Gasteiger partial charge in [-0.3, -0.25) is 0 Å². The van der Waals surface area contributed by atoms with Crippen molar-refractivity contribution < 1.29 is 14.6 Å². The lowest BCUT2D eigenvalue weighted by Crippen LogP contribution is -2.06. The average Bonchev–Trinajstić information content (AvgIpc) is 2.41. The van der Waals surface area contributed by atoms with E-state index in [-0.39, 0.29) is 33.1 Å². The van der Waals surface area contributed by atoms with E-state index in [0.29, 0.717) is 5.56 Å². The van der Waals surface area contributed by atoms with Crippen LogP contribution < -0.4 is 10.5 Å². The highest BCUT2D eigenvalue weighted by Gasteiger charge is 2.18. The number of nitrogens with two attached hydrogens (primary N) is 1. The minimum Gasteiger partial charge on any atom is -0.480 e. The maximum atomic E-state index is 11.1. The number of carbonyl (C=O) groups is 1. The molecule has 2 aromatic heterocycles. The van der Waals surface area contributed by atoms with Gasteiger partial charge in [0.15, 0.2) is 5.69 Å². The van der Waals surface area contributed by atoms with Crippen molar-refractivity contribution in [2.24, 2.45) is 0 Å². The molecule has 0 radical (unpaired) electrons. The Balaban J connectivity index is 2.67. The molecule has 3 N–H and O–H groups in total. The van der Waals surface area contributed by atoms with E-state index in [1.165, 1.54) is 19.2 Å². The fraction of sp³-hybridized carbons (Fsp3) is 0.0833. The van der Waals surface area contributed by atoms with Crippen molar-refractivity contribution in [3.8, 4) is 17.1 Å². The monoisotopic (exact) mass is 313 g/mol. The lowest BCUT2D eigenvalue weighted by Gasteiger charge is -2.10. The Morgan fingerprint density at radius 2 is 2.05 bits per heavy atom. The van der Waals surface area contributed by atoms with E-state index < -0.39 is 5.97 Å². The van der Waals surface area contributed by atoms with Crippen LogP contribution in [-0.2, 0) is 0 Å². The van der Waals surface area contributed by atoms with Gasteiger partial charge in [-0.15, -0.1) is 0 Å². The van der Waals surface area contributed by atoms with Gasteiger partial charge in [0, 0.05) is 0 Å². The Morgan fingerprint density at radius 1 is 1.35 bits per heavy atom. The summed E-state index contributed by atoms with van der Waals surface area (Å²) in [5, 5.41) is 9.19. The number of anilines is 1. The van der Waals surface area contributed by atoms with Gasteiger partial charge in [-0.2, -0.15) is 0 Å². The molecule has 0 aliphatic rings. The van der Waals surface area contributed by atoms with E-state index >= 15 is 0 Å². The van der Waals surface area contributed by atoms with Crippen molar-refractivity contribution in [3.63, 3.8) is 0 Å². The maximum absolute atomic E-state index is 11.1. The molecule has 0 fully saturated rings. The fourth-order valence-corrected chi connectivity index (χ4v) is 1.91. The quantitative estimate of drug-likeness (QED) is 0.845. The van der Waals surface area contributed by atoms with Crippen molar-refractivity contribution in [2.45, 2.75) is 0 Å². The number of aromatic carboxylic acids is 1. The molecular weight excluding hydrogens is 305 g/mol. The number of hydrogen-bond donors (Lipinski definition) is 2. The van der Waals surface area contributed by atoms with E-state index in [1.54, 1.807) is 6.07 Å². The van der Waals surface area contributed by atoms with E-state index in [2.05, 4.69) is 9.97 Å². The summed E-state index contributed by atoms with van der Waals surface area (Å²) in [4.78, 5) is 19.0. The van der Waals surface area contributed by atoms with Gasteiger partial charge >= 0.3 is 5.97 Å².